The first-order chi connectivity index (χ1) is 14.6. The number of carbonyl (C=O) groups is 1. The number of sulfonamides is 1. The fourth-order valence-corrected chi connectivity index (χ4v) is 5.33. The molecule has 1 saturated heterocycles. The number of ether oxygens (including phenoxy) is 1. The van der Waals surface area contributed by atoms with Crippen LogP contribution in [0.25, 0.3) is 0 Å². The molecule has 1 aliphatic heterocycles. The minimum absolute atomic E-state index is 0.0820. The van der Waals surface area contributed by atoms with Gasteiger partial charge in [-0.2, -0.15) is 0 Å². The monoisotopic (exact) mass is 484 g/mol. The van der Waals surface area contributed by atoms with E-state index in [-0.39, 0.29) is 23.7 Å². The standard InChI is InChI=1S/C22H26Cl2N2O4S/c1-15(2)30-19-6-4-18(5-7-19)25-22(27)17-9-11-26(12-10-17)31(28,29)14-16-3-8-20(23)21(24)13-16/h3-8,13,15,17H,9-12,14H2,1-2H3,(H,25,27). The zero-order chi connectivity index (χ0) is 22.6. The first kappa shape index (κ1) is 23.9. The zero-order valence-corrected chi connectivity index (χ0v) is 19.8. The number of amides is 1. The van der Waals surface area contributed by atoms with Crippen molar-refractivity contribution in [2.24, 2.45) is 5.92 Å². The van der Waals surface area contributed by atoms with Crippen LogP contribution in [0, 0.1) is 5.92 Å². The molecule has 0 saturated carbocycles. The maximum atomic E-state index is 12.8. The molecule has 0 spiro atoms. The lowest BCUT2D eigenvalue weighted by atomic mass is 9.97. The molecule has 2 aromatic rings. The minimum atomic E-state index is -3.50. The predicted molar refractivity (Wildman–Crippen MR) is 124 cm³/mol. The average Bonchev–Trinajstić information content (AvgIpc) is 2.72. The molecule has 2 aromatic carbocycles. The molecular weight excluding hydrogens is 459 g/mol. The van der Waals surface area contributed by atoms with Crippen molar-refractivity contribution in [3.8, 4) is 5.75 Å². The first-order valence-corrected chi connectivity index (χ1v) is 12.5. The molecule has 1 fully saturated rings. The third kappa shape index (κ3) is 6.59. The summed E-state index contributed by atoms with van der Waals surface area (Å²) < 4.78 is 32.6. The molecule has 0 atom stereocenters. The van der Waals surface area contributed by atoms with Crippen LogP contribution in [0.2, 0.25) is 10.0 Å². The molecule has 3 rings (SSSR count). The average molecular weight is 485 g/mol. The Hall–Kier alpha value is -1.80. The van der Waals surface area contributed by atoms with Crippen molar-refractivity contribution in [1.29, 1.82) is 0 Å². The fraction of sp³-hybridized carbons (Fsp3) is 0.409. The van der Waals surface area contributed by atoms with Crippen LogP contribution in [0.3, 0.4) is 0 Å². The van der Waals surface area contributed by atoms with Gasteiger partial charge in [0.05, 0.1) is 21.9 Å². The summed E-state index contributed by atoms with van der Waals surface area (Å²) in [7, 11) is -3.50. The highest BCUT2D eigenvalue weighted by Gasteiger charge is 2.31. The van der Waals surface area contributed by atoms with Crippen LogP contribution in [-0.4, -0.2) is 37.8 Å². The molecule has 1 aliphatic rings. The second-order valence-electron chi connectivity index (χ2n) is 7.86. The van der Waals surface area contributed by atoms with Gasteiger partial charge in [-0.05, 0) is 68.7 Å². The molecule has 1 N–H and O–H groups in total. The zero-order valence-electron chi connectivity index (χ0n) is 17.5. The summed E-state index contributed by atoms with van der Waals surface area (Å²) in [6.07, 6.45) is 1.03. The van der Waals surface area contributed by atoms with Crippen molar-refractivity contribution in [1.82, 2.24) is 4.31 Å². The van der Waals surface area contributed by atoms with Gasteiger partial charge in [-0.25, -0.2) is 12.7 Å². The number of benzene rings is 2. The van der Waals surface area contributed by atoms with E-state index in [1.165, 1.54) is 4.31 Å². The van der Waals surface area contributed by atoms with E-state index < -0.39 is 10.0 Å². The Bertz CT molecular complexity index is 1020. The highest BCUT2D eigenvalue weighted by Crippen LogP contribution is 2.26. The Morgan fingerprint density at radius 2 is 1.74 bits per heavy atom. The van der Waals surface area contributed by atoms with E-state index in [1.54, 1.807) is 30.3 Å². The Labute approximate surface area is 193 Å². The Morgan fingerprint density at radius 1 is 1.10 bits per heavy atom. The molecule has 31 heavy (non-hydrogen) atoms. The van der Waals surface area contributed by atoms with Crippen molar-refractivity contribution in [2.45, 2.75) is 38.5 Å². The smallest absolute Gasteiger partial charge is 0.227 e. The summed E-state index contributed by atoms with van der Waals surface area (Å²) >= 11 is 11.9. The van der Waals surface area contributed by atoms with Gasteiger partial charge in [-0.15, -0.1) is 0 Å². The molecule has 0 unspecified atom stereocenters. The number of nitrogens with zero attached hydrogens (tertiary/aromatic N) is 1. The summed E-state index contributed by atoms with van der Waals surface area (Å²) in [6, 6.07) is 12.0. The van der Waals surface area contributed by atoms with E-state index in [4.69, 9.17) is 27.9 Å². The highest BCUT2D eigenvalue weighted by molar-refractivity contribution is 7.88. The molecular formula is C22H26Cl2N2O4S. The Balaban J connectivity index is 1.53. The van der Waals surface area contributed by atoms with Gasteiger partial charge in [-0.3, -0.25) is 4.79 Å². The van der Waals surface area contributed by atoms with E-state index >= 15 is 0 Å². The number of piperidine rings is 1. The summed E-state index contributed by atoms with van der Waals surface area (Å²) in [6.45, 7) is 4.52. The van der Waals surface area contributed by atoms with Crippen LogP contribution in [0.1, 0.15) is 32.3 Å². The van der Waals surface area contributed by atoms with Gasteiger partial charge < -0.3 is 10.1 Å². The molecule has 0 radical (unpaired) electrons. The lowest BCUT2D eigenvalue weighted by molar-refractivity contribution is -0.120. The van der Waals surface area contributed by atoms with E-state index in [9.17, 15) is 13.2 Å². The number of anilines is 1. The van der Waals surface area contributed by atoms with Gasteiger partial charge in [0, 0.05) is 24.7 Å². The van der Waals surface area contributed by atoms with Gasteiger partial charge in [0.25, 0.3) is 0 Å². The maximum Gasteiger partial charge on any atom is 0.227 e. The number of hydrogen-bond donors (Lipinski definition) is 1. The van der Waals surface area contributed by atoms with Gasteiger partial charge in [-0.1, -0.05) is 29.3 Å². The van der Waals surface area contributed by atoms with Crippen LogP contribution in [0.5, 0.6) is 5.75 Å². The van der Waals surface area contributed by atoms with Crippen molar-refractivity contribution in [3.05, 3.63) is 58.1 Å². The minimum Gasteiger partial charge on any atom is -0.491 e. The first-order valence-electron chi connectivity index (χ1n) is 10.1. The number of hydrogen-bond acceptors (Lipinski definition) is 4. The number of nitrogens with one attached hydrogen (secondary N) is 1. The number of rotatable bonds is 7. The van der Waals surface area contributed by atoms with Crippen molar-refractivity contribution in [3.63, 3.8) is 0 Å². The van der Waals surface area contributed by atoms with Gasteiger partial charge in [0.2, 0.25) is 15.9 Å². The third-order valence-corrected chi connectivity index (χ3v) is 7.63. The number of halogens is 2. The SMILES string of the molecule is CC(C)Oc1ccc(NC(=O)C2CCN(S(=O)(=O)Cc3ccc(Cl)c(Cl)c3)CC2)cc1. The molecule has 1 heterocycles. The second-order valence-corrected chi connectivity index (χ2v) is 10.6. The quantitative estimate of drug-likeness (QED) is 0.602. The summed E-state index contributed by atoms with van der Waals surface area (Å²) in [4.78, 5) is 12.6. The van der Waals surface area contributed by atoms with Crippen molar-refractivity contribution < 1.29 is 17.9 Å². The van der Waals surface area contributed by atoms with Gasteiger partial charge in [0.15, 0.2) is 0 Å². The molecule has 168 valence electrons. The van der Waals surface area contributed by atoms with E-state index in [1.807, 2.05) is 26.0 Å². The molecule has 1 amide bonds. The lowest BCUT2D eigenvalue weighted by Crippen LogP contribution is -2.41. The van der Waals surface area contributed by atoms with Crippen LogP contribution >= 0.6 is 23.2 Å². The Kier molecular flexibility index (Phi) is 7.86. The summed E-state index contributed by atoms with van der Waals surface area (Å²) in [5.41, 5.74) is 1.27. The molecule has 0 bridgehead atoms. The topological polar surface area (TPSA) is 75.7 Å². The molecule has 0 aromatic heterocycles. The van der Waals surface area contributed by atoms with E-state index in [0.29, 0.717) is 47.2 Å². The van der Waals surface area contributed by atoms with Crippen LogP contribution in [0.15, 0.2) is 42.5 Å². The van der Waals surface area contributed by atoms with Crippen LogP contribution in [0.4, 0.5) is 5.69 Å². The largest absolute Gasteiger partial charge is 0.491 e. The fourth-order valence-electron chi connectivity index (χ4n) is 3.46. The maximum absolute atomic E-state index is 12.8. The summed E-state index contributed by atoms with van der Waals surface area (Å²) in [5, 5.41) is 3.62. The number of carbonyl (C=O) groups excluding carboxylic acids is 1. The normalized spacial score (nSPS) is 15.8. The van der Waals surface area contributed by atoms with Crippen molar-refractivity contribution in [2.75, 3.05) is 18.4 Å². The van der Waals surface area contributed by atoms with E-state index in [0.717, 1.165) is 5.75 Å². The lowest BCUT2D eigenvalue weighted by Gasteiger charge is -2.30. The second kappa shape index (κ2) is 10.2. The van der Waals surface area contributed by atoms with Crippen LogP contribution < -0.4 is 10.1 Å². The highest BCUT2D eigenvalue weighted by atomic mass is 35.5. The van der Waals surface area contributed by atoms with Gasteiger partial charge >= 0.3 is 0 Å². The van der Waals surface area contributed by atoms with E-state index in [2.05, 4.69) is 5.32 Å². The molecule has 0 aliphatic carbocycles. The molecule has 9 heteroatoms. The molecule has 6 nitrogen and oxygen atoms in total. The third-order valence-electron chi connectivity index (χ3n) is 5.04. The summed E-state index contributed by atoms with van der Waals surface area (Å²) in [5.74, 6) is 0.265. The van der Waals surface area contributed by atoms with Crippen molar-refractivity contribution >= 4 is 44.8 Å². The Morgan fingerprint density at radius 3 is 2.32 bits per heavy atom. The van der Waals surface area contributed by atoms with Crippen LogP contribution in [-0.2, 0) is 20.6 Å². The van der Waals surface area contributed by atoms with Gasteiger partial charge in [0.1, 0.15) is 5.75 Å². The predicted octanol–water partition coefficient (Wildman–Crippen LogP) is 4.96.